The van der Waals surface area contributed by atoms with Crippen molar-refractivity contribution in [1.82, 2.24) is 38.0 Å². The Morgan fingerprint density at radius 1 is 0.496 bits per heavy atom. The second kappa shape index (κ2) is 38.3. The average Bonchev–Trinajstić information content (AvgIpc) is 1.58. The number of benzene rings is 4. The van der Waals surface area contributed by atoms with Crippen LogP contribution in [0.3, 0.4) is 0 Å². The number of hydrogen-bond donors (Lipinski definition) is 6. The molecule has 10 aromatic rings. The lowest BCUT2D eigenvalue weighted by molar-refractivity contribution is -0.198. The molecule has 0 spiro atoms. The molecular formula is C91H98N16O14. The monoisotopic (exact) mass is 1640 g/mol. The largest absolute Gasteiger partial charge is 0.493 e. The minimum Gasteiger partial charge on any atom is -0.493 e. The first-order valence-corrected chi connectivity index (χ1v) is 40.7. The Labute approximate surface area is 700 Å². The van der Waals surface area contributed by atoms with E-state index in [1.54, 1.807) is 155 Å². The maximum Gasteiger partial charge on any atom is 0.416 e. The Bertz CT molecular complexity index is 5530. The third kappa shape index (κ3) is 20.2. The van der Waals surface area contributed by atoms with E-state index in [1.165, 1.54) is 11.0 Å². The number of hydrogen-bond acceptors (Lipinski definition) is 17. The highest BCUT2D eigenvalue weighted by Gasteiger charge is 2.47. The fraction of sp³-hybridized carbons (Fsp3) is 0.319. The van der Waals surface area contributed by atoms with Crippen molar-refractivity contribution in [1.29, 1.82) is 0 Å². The number of aromatic nitrogens is 6. The van der Waals surface area contributed by atoms with Gasteiger partial charge in [-0.3, -0.25) is 53.3 Å². The number of ether oxygens (including phenoxy) is 5. The van der Waals surface area contributed by atoms with E-state index in [2.05, 4.69) is 53.4 Å². The summed E-state index contributed by atoms with van der Waals surface area (Å²) >= 11 is 0. The van der Waals surface area contributed by atoms with Crippen molar-refractivity contribution in [2.45, 2.75) is 122 Å². The molecule has 6 N–H and O–H groups in total. The normalized spacial score (nSPS) is 16.6. The summed E-state index contributed by atoms with van der Waals surface area (Å²) < 4.78 is 37.2. The highest BCUT2D eigenvalue weighted by atomic mass is 16.7. The van der Waals surface area contributed by atoms with Crippen LogP contribution in [0.15, 0.2) is 189 Å². The van der Waals surface area contributed by atoms with Gasteiger partial charge in [0.1, 0.15) is 40.9 Å². The molecule has 121 heavy (non-hydrogen) atoms. The minimum absolute atomic E-state index is 0.0129. The summed E-state index contributed by atoms with van der Waals surface area (Å²) in [5.41, 5.74) is 12.0. The van der Waals surface area contributed by atoms with E-state index in [4.69, 9.17) is 23.7 Å². The molecule has 5 aliphatic heterocycles. The molecule has 4 aromatic carbocycles. The van der Waals surface area contributed by atoms with Gasteiger partial charge in [-0.15, -0.1) is 0 Å². The van der Waals surface area contributed by atoms with Crippen LogP contribution < -0.4 is 46.3 Å². The van der Waals surface area contributed by atoms with Gasteiger partial charge in [0.15, 0.2) is 12.5 Å². The van der Waals surface area contributed by atoms with Crippen LogP contribution in [0.2, 0.25) is 0 Å². The van der Waals surface area contributed by atoms with E-state index >= 15 is 0 Å². The Hall–Kier alpha value is -13.7. The maximum absolute atomic E-state index is 14.2. The lowest BCUT2D eigenvalue weighted by atomic mass is 10.00. The number of carbonyl (C=O) groups excluding carboxylic acids is 9. The molecule has 11 heterocycles. The molecule has 15 rings (SSSR count). The van der Waals surface area contributed by atoms with Gasteiger partial charge in [0, 0.05) is 163 Å². The number of aliphatic imine (C=N–C) groups is 1. The number of amides is 9. The summed E-state index contributed by atoms with van der Waals surface area (Å²) in [6, 6.07) is 35.1. The van der Waals surface area contributed by atoms with Crippen molar-refractivity contribution in [2.24, 2.45) is 33.2 Å². The number of aryl methyl sites for hydroxylation is 6. The van der Waals surface area contributed by atoms with Crippen LogP contribution in [0, 0.1) is 13.8 Å². The minimum atomic E-state index is -0.863. The fourth-order valence-electron chi connectivity index (χ4n) is 15.5. The number of piperidine rings is 2. The first kappa shape index (κ1) is 83.7. The Kier molecular flexibility index (Phi) is 26.5. The SMILES string of the molecule is C=CCOC(=O)N1c2cc(OCCCC(=O)Nc3cc(C(=O)Nc4ccc(-c5cc(C(=O)Nc6ccncc6)n(C)c5)cc4)n(C)c3)c(C)cc2C(=O)N2CCCC[C@H]2C1OC1CCCCO1.Cc1cc2c(cc1OCCCC(=O)Nc1cc(C(=O)Nc3ccc(-c4cc(C(=O)Nc5ccncc5)n(C)c4)cc3)n(C)c1)N=C[C@@H]1CCCCN1C2=O. The number of fused-ring (bicyclic) bond motifs is 4. The first-order chi connectivity index (χ1) is 58.6. The van der Waals surface area contributed by atoms with Gasteiger partial charge >= 0.3 is 6.09 Å². The van der Waals surface area contributed by atoms with Gasteiger partial charge in [-0.25, -0.2) is 9.69 Å². The highest BCUT2D eigenvalue weighted by molar-refractivity contribution is 6.09. The van der Waals surface area contributed by atoms with E-state index in [-0.39, 0.29) is 79.4 Å². The van der Waals surface area contributed by atoms with Crippen molar-refractivity contribution in [3.63, 3.8) is 0 Å². The Balaban J connectivity index is 0.000000202. The number of pyridine rings is 2. The maximum atomic E-state index is 14.2. The van der Waals surface area contributed by atoms with Crippen LogP contribution in [0.1, 0.15) is 157 Å². The molecule has 626 valence electrons. The van der Waals surface area contributed by atoms with Gasteiger partial charge in [-0.05, 0) is 192 Å². The molecule has 2 unspecified atom stereocenters. The second-order valence-electron chi connectivity index (χ2n) is 30.6. The molecule has 5 aliphatic rings. The lowest BCUT2D eigenvalue weighted by Crippen LogP contribution is -2.57. The van der Waals surface area contributed by atoms with Crippen molar-refractivity contribution < 1.29 is 66.8 Å². The van der Waals surface area contributed by atoms with Crippen molar-refractivity contribution in [3.05, 3.63) is 229 Å². The number of rotatable bonds is 26. The molecule has 30 nitrogen and oxygen atoms in total. The van der Waals surface area contributed by atoms with Crippen LogP contribution in [0.25, 0.3) is 22.3 Å². The van der Waals surface area contributed by atoms with Crippen molar-refractivity contribution in [3.8, 4) is 33.8 Å². The van der Waals surface area contributed by atoms with Gasteiger partial charge in [-0.2, -0.15) is 0 Å². The predicted octanol–water partition coefficient (Wildman–Crippen LogP) is 14.8. The summed E-state index contributed by atoms with van der Waals surface area (Å²) in [7, 11) is 7.08. The summed E-state index contributed by atoms with van der Waals surface area (Å²) in [6.07, 6.45) is 23.9. The van der Waals surface area contributed by atoms with Gasteiger partial charge in [-0.1, -0.05) is 36.9 Å². The number of nitrogens with zero attached hydrogens (tertiary/aromatic N) is 10. The third-order valence-corrected chi connectivity index (χ3v) is 21.8. The smallest absolute Gasteiger partial charge is 0.416 e. The van der Waals surface area contributed by atoms with E-state index in [1.807, 2.05) is 91.8 Å². The predicted molar refractivity (Wildman–Crippen MR) is 460 cm³/mol. The number of nitrogens with one attached hydrogen (secondary N) is 6. The van der Waals surface area contributed by atoms with E-state index in [0.29, 0.717) is 142 Å². The molecule has 4 atom stereocenters. The first-order valence-electron chi connectivity index (χ1n) is 40.7. The molecule has 0 aliphatic carbocycles. The zero-order valence-corrected chi connectivity index (χ0v) is 68.5. The zero-order chi connectivity index (χ0) is 84.8. The molecule has 3 fully saturated rings. The second-order valence-corrected chi connectivity index (χ2v) is 30.6. The highest BCUT2D eigenvalue weighted by Crippen LogP contribution is 2.41. The molecule has 9 amide bonds. The molecule has 0 bridgehead atoms. The topological polar surface area (TPSA) is 340 Å². The van der Waals surface area contributed by atoms with Crippen LogP contribution >= 0.6 is 0 Å². The summed E-state index contributed by atoms with van der Waals surface area (Å²) in [5, 5.41) is 17.3. The number of carbonyl (C=O) groups is 9. The number of anilines is 7. The zero-order valence-electron chi connectivity index (χ0n) is 68.5. The van der Waals surface area contributed by atoms with Crippen LogP contribution in [-0.4, -0.2) is 162 Å². The van der Waals surface area contributed by atoms with E-state index in [0.717, 1.165) is 79.3 Å². The van der Waals surface area contributed by atoms with Gasteiger partial charge in [0.2, 0.25) is 11.8 Å². The summed E-state index contributed by atoms with van der Waals surface area (Å²) in [5.74, 6) is -0.718. The summed E-state index contributed by atoms with van der Waals surface area (Å²) in [4.78, 5) is 137. The standard InChI is InChI=1S/C50H56N8O9.C41H42N8O5/c1-5-23-66-50(63)58-40-29-43(32(2)26-38(40)48(62)57-22-8-6-11-39(57)49(58)67-45-13-7-9-24-65-45)64-25-10-12-44(59)52-37-28-42(56(4)31-37)47(61)53-35-16-14-33(15-17-35)34-27-41(55(3)30-34)46(60)54-36-18-20-51-21-19-36;1-26-19-33-34(43-23-32-7-4-5-17-49(32)41(33)53)22-37(26)54-18-6-8-38(50)44-31-21-36(48(3)25-31)40(52)45-29-11-9-27(10-12-29)28-20-35(47(2)24-28)39(51)46-30-13-15-42-16-14-30/h5,14-21,26-31,39,45,49H,1,6-13,22-25H2,2-4H3,(H,52,59)(H,53,61)(H,51,54,60);9-16,19-25,32H,4-8,17-18H2,1-3H3,(H,44,50)(H,45,52)(H,42,46,51)/t39-,45?,49?;32-/m00/s1. The van der Waals surface area contributed by atoms with Crippen molar-refractivity contribution in [2.75, 3.05) is 76.3 Å². The van der Waals surface area contributed by atoms with Crippen LogP contribution in [-0.2, 0) is 52.0 Å². The van der Waals surface area contributed by atoms with E-state index in [9.17, 15) is 43.2 Å². The lowest BCUT2D eigenvalue weighted by Gasteiger charge is -2.42. The molecule has 3 saturated heterocycles. The van der Waals surface area contributed by atoms with Crippen LogP contribution in [0.4, 0.5) is 50.3 Å². The van der Waals surface area contributed by atoms with E-state index < -0.39 is 24.7 Å². The fourth-order valence-corrected chi connectivity index (χ4v) is 15.5. The average molecular weight is 1640 g/mol. The quantitative estimate of drug-likeness (QED) is 0.0217. The molecule has 0 radical (unpaired) electrons. The summed E-state index contributed by atoms with van der Waals surface area (Å²) in [6.45, 7) is 9.73. The Morgan fingerprint density at radius 3 is 1.47 bits per heavy atom. The van der Waals surface area contributed by atoms with Crippen LogP contribution in [0.5, 0.6) is 11.5 Å². The molecular weight excluding hydrogens is 1540 g/mol. The Morgan fingerprint density at radius 2 is 0.959 bits per heavy atom. The molecule has 6 aromatic heterocycles. The van der Waals surface area contributed by atoms with Gasteiger partial charge in [0.25, 0.3) is 35.4 Å². The molecule has 30 heteroatoms. The van der Waals surface area contributed by atoms with Crippen molar-refractivity contribution >= 4 is 105 Å². The third-order valence-electron chi connectivity index (χ3n) is 21.8. The van der Waals surface area contributed by atoms with Gasteiger partial charge < -0.3 is 83.7 Å². The molecule has 0 saturated carbocycles. The van der Waals surface area contributed by atoms with Gasteiger partial charge in [0.05, 0.1) is 59.2 Å².